The number of hydrogen-bond acceptors (Lipinski definition) is 2. The van der Waals surface area contributed by atoms with E-state index in [4.69, 9.17) is 0 Å². The van der Waals surface area contributed by atoms with E-state index in [0.717, 1.165) is 22.4 Å². The van der Waals surface area contributed by atoms with Crippen LogP contribution in [-0.2, 0) is 13.6 Å². The van der Waals surface area contributed by atoms with Gasteiger partial charge >= 0.3 is 6.18 Å². The van der Waals surface area contributed by atoms with Gasteiger partial charge in [0.25, 0.3) is 0 Å². The minimum Gasteiger partial charge on any atom is -0.275 e. The molecule has 0 unspecified atom stereocenters. The van der Waals surface area contributed by atoms with Gasteiger partial charge in [0.1, 0.15) is 0 Å². The molecule has 24 heavy (non-hydrogen) atoms. The highest BCUT2D eigenvalue weighted by Gasteiger charge is 2.26. The van der Waals surface area contributed by atoms with Crippen molar-refractivity contribution in [1.82, 2.24) is 19.6 Å². The summed E-state index contributed by atoms with van der Waals surface area (Å²) in [5, 5.41) is 8.53. The molecule has 0 amide bonds. The van der Waals surface area contributed by atoms with Crippen molar-refractivity contribution in [2.45, 2.75) is 25.6 Å². The monoisotopic (exact) mass is 334 g/mol. The zero-order valence-corrected chi connectivity index (χ0v) is 13.2. The lowest BCUT2D eigenvalue weighted by Crippen LogP contribution is -2.09. The molecule has 0 saturated heterocycles. The van der Waals surface area contributed by atoms with Crippen molar-refractivity contribution in [3.05, 3.63) is 48.9 Å². The fraction of sp³-hybridized carbons (Fsp3) is 0.294. The summed E-state index contributed by atoms with van der Waals surface area (Å²) < 4.78 is 39.9. The normalized spacial score (nSPS) is 11.8. The Kier molecular flexibility index (Phi) is 4.42. The molecule has 0 saturated carbocycles. The van der Waals surface area contributed by atoms with Crippen molar-refractivity contribution in [2.24, 2.45) is 7.05 Å². The smallest absolute Gasteiger partial charge is 0.275 e. The molecule has 0 bridgehead atoms. The minimum absolute atomic E-state index is 0.0281. The van der Waals surface area contributed by atoms with Gasteiger partial charge in [-0.25, -0.2) is 0 Å². The molecule has 0 aliphatic carbocycles. The maximum absolute atomic E-state index is 12.2. The topological polar surface area (TPSA) is 35.6 Å². The lowest BCUT2D eigenvalue weighted by atomic mass is 10.0. The second-order valence-corrected chi connectivity index (χ2v) is 5.67. The SMILES string of the molecule is Cn1cc(-c2cccc(-c3ccn(CCCC(F)(F)F)n3)c2)cn1. The summed E-state index contributed by atoms with van der Waals surface area (Å²) in [5.41, 5.74) is 3.69. The predicted molar refractivity (Wildman–Crippen MR) is 85.2 cm³/mol. The lowest BCUT2D eigenvalue weighted by molar-refractivity contribution is -0.136. The van der Waals surface area contributed by atoms with Gasteiger partial charge in [0.15, 0.2) is 0 Å². The van der Waals surface area contributed by atoms with Crippen LogP contribution in [0.3, 0.4) is 0 Å². The Bertz CT molecular complexity index is 817. The van der Waals surface area contributed by atoms with E-state index in [9.17, 15) is 13.2 Å². The quantitative estimate of drug-likeness (QED) is 0.698. The van der Waals surface area contributed by atoms with Gasteiger partial charge in [-0.3, -0.25) is 9.36 Å². The van der Waals surface area contributed by atoms with Crippen LogP contribution < -0.4 is 0 Å². The molecule has 2 heterocycles. The molecule has 0 N–H and O–H groups in total. The van der Waals surface area contributed by atoms with E-state index in [1.807, 2.05) is 43.6 Å². The van der Waals surface area contributed by atoms with Crippen LogP contribution in [0.15, 0.2) is 48.9 Å². The molecular formula is C17H17F3N4. The number of benzene rings is 1. The summed E-state index contributed by atoms with van der Waals surface area (Å²) in [5.74, 6) is 0. The highest BCUT2D eigenvalue weighted by Crippen LogP contribution is 2.25. The third kappa shape index (κ3) is 4.04. The highest BCUT2D eigenvalue weighted by molar-refractivity contribution is 5.70. The largest absolute Gasteiger partial charge is 0.389 e. The van der Waals surface area contributed by atoms with Crippen molar-refractivity contribution in [3.63, 3.8) is 0 Å². The molecule has 0 radical (unpaired) electrons. The summed E-state index contributed by atoms with van der Waals surface area (Å²) >= 11 is 0. The van der Waals surface area contributed by atoms with Crippen LogP contribution in [0.1, 0.15) is 12.8 Å². The Balaban J connectivity index is 1.73. The summed E-state index contributed by atoms with van der Waals surface area (Å²) in [7, 11) is 1.86. The molecule has 0 aliphatic heterocycles. The zero-order valence-electron chi connectivity index (χ0n) is 13.2. The molecular weight excluding hydrogens is 317 g/mol. The number of halogens is 3. The van der Waals surface area contributed by atoms with Crippen LogP contribution in [-0.4, -0.2) is 25.7 Å². The fourth-order valence-electron chi connectivity index (χ4n) is 2.51. The van der Waals surface area contributed by atoms with Crippen molar-refractivity contribution in [3.8, 4) is 22.4 Å². The first-order valence-corrected chi connectivity index (χ1v) is 7.60. The van der Waals surface area contributed by atoms with Crippen LogP contribution in [0, 0.1) is 0 Å². The van der Waals surface area contributed by atoms with Gasteiger partial charge in [-0.15, -0.1) is 0 Å². The predicted octanol–water partition coefficient (Wildman–Crippen LogP) is 4.29. The van der Waals surface area contributed by atoms with E-state index in [0.29, 0.717) is 0 Å². The molecule has 3 rings (SSSR count). The maximum atomic E-state index is 12.2. The van der Waals surface area contributed by atoms with Crippen LogP contribution in [0.4, 0.5) is 13.2 Å². The fourth-order valence-corrected chi connectivity index (χ4v) is 2.51. The molecule has 7 heteroatoms. The Morgan fingerprint density at radius 2 is 1.88 bits per heavy atom. The second kappa shape index (κ2) is 6.51. The number of alkyl halides is 3. The molecule has 0 spiro atoms. The van der Waals surface area contributed by atoms with Gasteiger partial charge in [-0.05, 0) is 24.1 Å². The molecule has 3 aromatic rings. The van der Waals surface area contributed by atoms with Crippen LogP contribution >= 0.6 is 0 Å². The number of hydrogen-bond donors (Lipinski definition) is 0. The standard InChI is InChI=1S/C17H17F3N4/c1-23-12-15(11-21-23)13-4-2-5-14(10-13)16-6-9-24(22-16)8-3-7-17(18,19)20/h2,4-6,9-12H,3,7-8H2,1H3. The maximum Gasteiger partial charge on any atom is 0.389 e. The third-order valence-corrected chi connectivity index (χ3v) is 3.68. The summed E-state index contributed by atoms with van der Waals surface area (Å²) in [6, 6.07) is 9.67. The van der Waals surface area contributed by atoms with Crippen molar-refractivity contribution < 1.29 is 13.2 Å². The summed E-state index contributed by atoms with van der Waals surface area (Å²) in [6.07, 6.45) is 0.541. The third-order valence-electron chi connectivity index (χ3n) is 3.68. The molecule has 0 aliphatic rings. The minimum atomic E-state index is -4.12. The Morgan fingerprint density at radius 1 is 1.08 bits per heavy atom. The van der Waals surface area contributed by atoms with E-state index < -0.39 is 12.6 Å². The number of aryl methyl sites for hydroxylation is 2. The van der Waals surface area contributed by atoms with E-state index in [-0.39, 0.29) is 13.0 Å². The van der Waals surface area contributed by atoms with Crippen molar-refractivity contribution >= 4 is 0 Å². The van der Waals surface area contributed by atoms with Crippen molar-refractivity contribution in [1.29, 1.82) is 0 Å². The van der Waals surface area contributed by atoms with Crippen LogP contribution in [0.2, 0.25) is 0 Å². The van der Waals surface area contributed by atoms with E-state index in [1.54, 1.807) is 21.8 Å². The highest BCUT2D eigenvalue weighted by atomic mass is 19.4. The second-order valence-electron chi connectivity index (χ2n) is 5.67. The van der Waals surface area contributed by atoms with Gasteiger partial charge in [0.2, 0.25) is 0 Å². The van der Waals surface area contributed by atoms with Gasteiger partial charge in [0, 0.05) is 43.5 Å². The molecule has 0 fully saturated rings. The molecule has 4 nitrogen and oxygen atoms in total. The molecule has 2 aromatic heterocycles. The van der Waals surface area contributed by atoms with E-state index in [1.165, 1.54) is 0 Å². The number of nitrogens with zero attached hydrogens (tertiary/aromatic N) is 4. The molecule has 126 valence electrons. The zero-order chi connectivity index (χ0) is 17.2. The van der Waals surface area contributed by atoms with Gasteiger partial charge < -0.3 is 0 Å². The first-order valence-electron chi connectivity index (χ1n) is 7.60. The first-order chi connectivity index (χ1) is 11.4. The molecule has 1 aromatic carbocycles. The lowest BCUT2D eigenvalue weighted by Gasteiger charge is -2.06. The van der Waals surface area contributed by atoms with Crippen LogP contribution in [0.25, 0.3) is 22.4 Å². The average molecular weight is 334 g/mol. The van der Waals surface area contributed by atoms with Gasteiger partial charge in [-0.2, -0.15) is 23.4 Å². The Labute approximate surface area is 137 Å². The van der Waals surface area contributed by atoms with Gasteiger partial charge in [-0.1, -0.05) is 18.2 Å². The molecule has 0 atom stereocenters. The Hall–Kier alpha value is -2.57. The average Bonchev–Trinajstić information content (AvgIpc) is 3.15. The van der Waals surface area contributed by atoms with Crippen LogP contribution in [0.5, 0.6) is 0 Å². The van der Waals surface area contributed by atoms with E-state index >= 15 is 0 Å². The summed E-state index contributed by atoms with van der Waals surface area (Å²) in [6.45, 7) is 0.252. The van der Waals surface area contributed by atoms with Gasteiger partial charge in [0.05, 0.1) is 11.9 Å². The van der Waals surface area contributed by atoms with Crippen molar-refractivity contribution in [2.75, 3.05) is 0 Å². The first kappa shape index (κ1) is 16.3. The summed E-state index contributed by atoms with van der Waals surface area (Å²) in [4.78, 5) is 0. The van der Waals surface area contributed by atoms with E-state index in [2.05, 4.69) is 10.2 Å². The number of aromatic nitrogens is 4. The number of rotatable bonds is 5. The Morgan fingerprint density at radius 3 is 2.58 bits per heavy atom.